The van der Waals surface area contributed by atoms with Crippen LogP contribution < -0.4 is 10.1 Å². The highest BCUT2D eigenvalue weighted by Gasteiger charge is 2.24. The number of imide groups is 1. The smallest absolute Gasteiger partial charge is 0.258 e. The maximum Gasteiger partial charge on any atom is 0.258 e. The molecule has 2 rings (SSSR count). The SMILES string of the molecule is COc1cccc2c1CC(=O)NC2=O. The predicted molar refractivity (Wildman–Crippen MR) is 49.2 cm³/mol. The first kappa shape index (κ1) is 8.74. The van der Waals surface area contributed by atoms with Crippen molar-refractivity contribution in [3.05, 3.63) is 29.3 Å². The Morgan fingerprint density at radius 2 is 2.14 bits per heavy atom. The van der Waals surface area contributed by atoms with Gasteiger partial charge in [0.05, 0.1) is 13.5 Å². The summed E-state index contributed by atoms with van der Waals surface area (Å²) in [6, 6.07) is 5.15. The number of methoxy groups -OCH3 is 1. The van der Waals surface area contributed by atoms with Gasteiger partial charge in [-0.15, -0.1) is 0 Å². The van der Waals surface area contributed by atoms with Crippen molar-refractivity contribution in [2.24, 2.45) is 0 Å². The topological polar surface area (TPSA) is 55.4 Å². The Balaban J connectivity index is 2.58. The lowest BCUT2D eigenvalue weighted by Gasteiger charge is -2.17. The standard InChI is InChI=1S/C10H9NO3/c1-14-8-4-2-3-6-7(8)5-9(12)11-10(6)13/h2-4H,5H2,1H3,(H,11,12,13). The molecule has 4 nitrogen and oxygen atoms in total. The van der Waals surface area contributed by atoms with Crippen molar-refractivity contribution < 1.29 is 14.3 Å². The van der Waals surface area contributed by atoms with Crippen LogP contribution in [-0.2, 0) is 11.2 Å². The highest BCUT2D eigenvalue weighted by Crippen LogP contribution is 2.24. The zero-order chi connectivity index (χ0) is 10.1. The van der Waals surface area contributed by atoms with Gasteiger partial charge in [-0.1, -0.05) is 6.07 Å². The zero-order valence-electron chi connectivity index (χ0n) is 7.66. The fraction of sp³-hybridized carbons (Fsp3) is 0.200. The molecule has 1 aromatic carbocycles. The van der Waals surface area contributed by atoms with E-state index in [9.17, 15) is 9.59 Å². The Morgan fingerprint density at radius 1 is 1.36 bits per heavy atom. The van der Waals surface area contributed by atoms with E-state index < -0.39 is 0 Å². The minimum atomic E-state index is -0.352. The summed E-state index contributed by atoms with van der Waals surface area (Å²) in [5.41, 5.74) is 1.19. The molecule has 1 aromatic rings. The van der Waals surface area contributed by atoms with E-state index in [2.05, 4.69) is 5.32 Å². The third-order valence-corrected chi connectivity index (χ3v) is 2.19. The summed E-state index contributed by atoms with van der Waals surface area (Å²) in [5, 5.41) is 2.25. The van der Waals surface area contributed by atoms with Crippen LogP contribution in [0.15, 0.2) is 18.2 Å². The normalized spacial score (nSPS) is 14.6. The second-order valence-electron chi connectivity index (χ2n) is 3.04. The van der Waals surface area contributed by atoms with E-state index in [-0.39, 0.29) is 18.2 Å². The molecule has 1 aliphatic heterocycles. The van der Waals surface area contributed by atoms with Crippen molar-refractivity contribution in [3.8, 4) is 5.75 Å². The van der Waals surface area contributed by atoms with E-state index >= 15 is 0 Å². The van der Waals surface area contributed by atoms with Gasteiger partial charge in [0, 0.05) is 11.1 Å². The quantitative estimate of drug-likeness (QED) is 0.658. The molecule has 4 heteroatoms. The van der Waals surface area contributed by atoms with Crippen molar-refractivity contribution in [3.63, 3.8) is 0 Å². The molecule has 1 aliphatic rings. The van der Waals surface area contributed by atoms with E-state index in [1.165, 1.54) is 7.11 Å². The Labute approximate surface area is 80.9 Å². The molecule has 72 valence electrons. The van der Waals surface area contributed by atoms with Crippen LogP contribution in [0.3, 0.4) is 0 Å². The molecule has 0 radical (unpaired) electrons. The zero-order valence-corrected chi connectivity index (χ0v) is 7.66. The van der Waals surface area contributed by atoms with Crippen molar-refractivity contribution in [1.29, 1.82) is 0 Å². The van der Waals surface area contributed by atoms with Gasteiger partial charge in [-0.25, -0.2) is 0 Å². The van der Waals surface area contributed by atoms with Gasteiger partial charge in [0.2, 0.25) is 5.91 Å². The highest BCUT2D eigenvalue weighted by molar-refractivity contribution is 6.10. The van der Waals surface area contributed by atoms with E-state index in [1.54, 1.807) is 18.2 Å². The van der Waals surface area contributed by atoms with Gasteiger partial charge in [0.1, 0.15) is 5.75 Å². The minimum Gasteiger partial charge on any atom is -0.496 e. The van der Waals surface area contributed by atoms with Crippen molar-refractivity contribution in [1.82, 2.24) is 5.32 Å². The number of benzene rings is 1. The summed E-state index contributed by atoms with van der Waals surface area (Å²) in [5.74, 6) is -0.0483. The van der Waals surface area contributed by atoms with Crippen LogP contribution in [0.2, 0.25) is 0 Å². The maximum absolute atomic E-state index is 11.4. The molecule has 0 unspecified atom stereocenters. The summed E-state index contributed by atoms with van der Waals surface area (Å²) in [6.07, 6.45) is 0.199. The number of carbonyl (C=O) groups is 2. The molecule has 1 N–H and O–H groups in total. The van der Waals surface area contributed by atoms with Crippen LogP contribution in [0.5, 0.6) is 5.75 Å². The molecule has 0 aliphatic carbocycles. The van der Waals surface area contributed by atoms with Crippen LogP contribution >= 0.6 is 0 Å². The molecular formula is C10H9NO3. The summed E-state index contributed by atoms with van der Waals surface area (Å²) < 4.78 is 5.08. The lowest BCUT2D eigenvalue weighted by atomic mass is 9.99. The van der Waals surface area contributed by atoms with Gasteiger partial charge in [-0.05, 0) is 12.1 Å². The predicted octanol–water partition coefficient (Wildman–Crippen LogP) is 0.508. The number of hydrogen-bond donors (Lipinski definition) is 1. The molecule has 14 heavy (non-hydrogen) atoms. The number of hydrogen-bond acceptors (Lipinski definition) is 3. The molecule has 0 bridgehead atoms. The lowest BCUT2D eigenvalue weighted by molar-refractivity contribution is -0.119. The van der Waals surface area contributed by atoms with Crippen molar-refractivity contribution >= 4 is 11.8 Å². The molecule has 0 fully saturated rings. The van der Waals surface area contributed by atoms with Crippen molar-refractivity contribution in [2.45, 2.75) is 6.42 Å². The molecule has 0 aromatic heterocycles. The largest absolute Gasteiger partial charge is 0.496 e. The Hall–Kier alpha value is -1.84. The lowest BCUT2D eigenvalue weighted by Crippen LogP contribution is -2.37. The third-order valence-electron chi connectivity index (χ3n) is 2.19. The van der Waals surface area contributed by atoms with E-state index in [1.807, 2.05) is 0 Å². The Morgan fingerprint density at radius 3 is 2.86 bits per heavy atom. The molecule has 1 heterocycles. The monoisotopic (exact) mass is 191 g/mol. The van der Waals surface area contributed by atoms with E-state index in [4.69, 9.17) is 4.74 Å². The highest BCUT2D eigenvalue weighted by atomic mass is 16.5. The summed E-state index contributed by atoms with van der Waals surface area (Å²) in [6.45, 7) is 0. The van der Waals surface area contributed by atoms with Crippen LogP contribution in [0.25, 0.3) is 0 Å². The Bertz CT molecular complexity index is 412. The number of nitrogens with one attached hydrogen (secondary N) is 1. The van der Waals surface area contributed by atoms with Gasteiger partial charge >= 0.3 is 0 Å². The second-order valence-corrected chi connectivity index (χ2v) is 3.04. The molecule has 0 saturated heterocycles. The fourth-order valence-electron chi connectivity index (χ4n) is 1.55. The average Bonchev–Trinajstić information content (AvgIpc) is 2.17. The first-order chi connectivity index (χ1) is 6.72. The minimum absolute atomic E-state index is 0.199. The van der Waals surface area contributed by atoms with Crippen LogP contribution in [0.1, 0.15) is 15.9 Å². The van der Waals surface area contributed by atoms with Gasteiger partial charge in [0.25, 0.3) is 5.91 Å². The van der Waals surface area contributed by atoms with Crippen LogP contribution in [0.4, 0.5) is 0 Å². The number of rotatable bonds is 1. The number of ether oxygens (including phenoxy) is 1. The third kappa shape index (κ3) is 1.25. The van der Waals surface area contributed by atoms with Crippen molar-refractivity contribution in [2.75, 3.05) is 7.11 Å². The summed E-state index contributed by atoms with van der Waals surface area (Å²) >= 11 is 0. The molecule has 0 atom stereocenters. The van der Waals surface area contributed by atoms with Gasteiger partial charge in [-0.3, -0.25) is 14.9 Å². The fourth-order valence-corrected chi connectivity index (χ4v) is 1.55. The Kier molecular flexibility index (Phi) is 1.96. The van der Waals surface area contributed by atoms with E-state index in [0.29, 0.717) is 16.9 Å². The average molecular weight is 191 g/mol. The molecule has 0 saturated carbocycles. The van der Waals surface area contributed by atoms with Gasteiger partial charge in [0.15, 0.2) is 0 Å². The molecule has 2 amide bonds. The van der Waals surface area contributed by atoms with Gasteiger partial charge < -0.3 is 4.74 Å². The number of carbonyl (C=O) groups excluding carboxylic acids is 2. The second kappa shape index (κ2) is 3.14. The van der Waals surface area contributed by atoms with Crippen LogP contribution in [-0.4, -0.2) is 18.9 Å². The molecule has 0 spiro atoms. The number of amides is 2. The summed E-state index contributed by atoms with van der Waals surface area (Å²) in [7, 11) is 1.52. The summed E-state index contributed by atoms with van der Waals surface area (Å²) in [4.78, 5) is 22.5. The molecular weight excluding hydrogens is 182 g/mol. The first-order valence-electron chi connectivity index (χ1n) is 4.22. The van der Waals surface area contributed by atoms with E-state index in [0.717, 1.165) is 0 Å². The maximum atomic E-state index is 11.4. The first-order valence-corrected chi connectivity index (χ1v) is 4.22. The van der Waals surface area contributed by atoms with Crippen LogP contribution in [0, 0.1) is 0 Å². The number of fused-ring (bicyclic) bond motifs is 1. The van der Waals surface area contributed by atoms with Gasteiger partial charge in [-0.2, -0.15) is 0 Å².